The highest BCUT2D eigenvalue weighted by Gasteiger charge is 2.44. The number of hydrogen-bond donors (Lipinski definition) is 1. The Labute approximate surface area is 153 Å². The van der Waals surface area contributed by atoms with Gasteiger partial charge in [-0.15, -0.1) is 0 Å². The number of aromatic nitrogens is 1. The summed E-state index contributed by atoms with van der Waals surface area (Å²) in [6.45, 7) is 3.63. The van der Waals surface area contributed by atoms with Gasteiger partial charge in [0.1, 0.15) is 11.5 Å². The van der Waals surface area contributed by atoms with E-state index in [4.69, 9.17) is 4.74 Å². The van der Waals surface area contributed by atoms with Crippen LogP contribution in [-0.4, -0.2) is 47.9 Å². The molecule has 1 N–H and O–H groups in total. The van der Waals surface area contributed by atoms with Crippen LogP contribution in [0.3, 0.4) is 0 Å². The molecule has 2 heterocycles. The average molecular weight is 356 g/mol. The molecule has 1 aromatic rings. The molecule has 1 atom stereocenters. The number of nitrogens with one attached hydrogen (secondary N) is 1. The molecular formula is C19H24N4O3. The van der Waals surface area contributed by atoms with Crippen molar-refractivity contribution < 1.29 is 14.3 Å². The largest absolute Gasteiger partial charge is 0.368 e. The molecule has 26 heavy (non-hydrogen) atoms. The molecule has 1 unspecified atom stereocenters. The Balaban J connectivity index is 1.55. The average Bonchev–Trinajstić information content (AvgIpc) is 2.62. The van der Waals surface area contributed by atoms with Crippen molar-refractivity contribution in [2.45, 2.75) is 38.7 Å². The molecule has 0 bridgehead atoms. The first-order valence-corrected chi connectivity index (χ1v) is 9.06. The first-order valence-electron chi connectivity index (χ1n) is 9.06. The maximum Gasteiger partial charge on any atom is 0.240 e. The molecule has 138 valence electrons. The minimum atomic E-state index is -0.818. The monoisotopic (exact) mass is 356 g/mol. The molecule has 0 aromatic carbocycles. The Kier molecular flexibility index (Phi) is 5.52. The van der Waals surface area contributed by atoms with Gasteiger partial charge in [-0.2, -0.15) is 5.26 Å². The number of rotatable bonds is 5. The van der Waals surface area contributed by atoms with Crippen molar-refractivity contribution >= 4 is 11.8 Å². The number of hydrogen-bond acceptors (Lipinski definition) is 5. The van der Waals surface area contributed by atoms with Crippen LogP contribution in [-0.2, 0) is 20.7 Å². The quantitative estimate of drug-likeness (QED) is 0.859. The summed E-state index contributed by atoms with van der Waals surface area (Å²) in [6, 6.07) is 7.87. The minimum absolute atomic E-state index is 0.0413. The van der Waals surface area contributed by atoms with Crippen LogP contribution >= 0.6 is 0 Å². The SMILES string of the molecule is CC(=O)N1CCOC(c2cccc(CCNC(=O)C3(C#N)CCC3)n2)C1. The molecule has 1 aromatic heterocycles. The number of carbonyl (C=O) groups excluding carboxylic acids is 2. The van der Waals surface area contributed by atoms with Gasteiger partial charge in [-0.05, 0) is 31.4 Å². The predicted octanol–water partition coefficient (Wildman–Crippen LogP) is 1.35. The summed E-state index contributed by atoms with van der Waals surface area (Å²) in [5.41, 5.74) is 0.833. The van der Waals surface area contributed by atoms with E-state index in [1.54, 1.807) is 11.8 Å². The van der Waals surface area contributed by atoms with Crippen LogP contribution in [0.25, 0.3) is 0 Å². The van der Waals surface area contributed by atoms with Crippen LogP contribution < -0.4 is 5.32 Å². The summed E-state index contributed by atoms with van der Waals surface area (Å²) in [5.74, 6) is -0.130. The van der Waals surface area contributed by atoms with Crippen LogP contribution in [0.1, 0.15) is 43.7 Å². The van der Waals surface area contributed by atoms with Gasteiger partial charge >= 0.3 is 0 Å². The number of carbonyl (C=O) groups is 2. The van der Waals surface area contributed by atoms with Gasteiger partial charge in [0, 0.05) is 32.1 Å². The number of nitrogens with zero attached hydrogens (tertiary/aromatic N) is 3. The molecule has 0 spiro atoms. The minimum Gasteiger partial charge on any atom is -0.368 e. The number of pyridine rings is 1. The third kappa shape index (κ3) is 3.86. The Bertz CT molecular complexity index is 724. The topological polar surface area (TPSA) is 95.3 Å². The molecule has 1 aliphatic heterocycles. The van der Waals surface area contributed by atoms with E-state index in [0.717, 1.165) is 17.8 Å². The Morgan fingerprint density at radius 3 is 2.92 bits per heavy atom. The predicted molar refractivity (Wildman–Crippen MR) is 93.8 cm³/mol. The van der Waals surface area contributed by atoms with Gasteiger partial charge in [0.15, 0.2) is 0 Å². The maximum absolute atomic E-state index is 12.2. The van der Waals surface area contributed by atoms with Gasteiger partial charge in [0.25, 0.3) is 0 Å². The maximum atomic E-state index is 12.2. The number of morpholine rings is 1. The van der Waals surface area contributed by atoms with E-state index in [1.165, 1.54) is 0 Å². The molecule has 2 fully saturated rings. The van der Waals surface area contributed by atoms with Gasteiger partial charge < -0.3 is 15.0 Å². The summed E-state index contributed by atoms with van der Waals surface area (Å²) in [7, 11) is 0. The zero-order valence-electron chi connectivity index (χ0n) is 15.0. The fourth-order valence-electron chi connectivity index (χ4n) is 3.32. The highest BCUT2D eigenvalue weighted by Crippen LogP contribution is 2.40. The highest BCUT2D eigenvalue weighted by molar-refractivity contribution is 5.86. The number of nitriles is 1. The highest BCUT2D eigenvalue weighted by atomic mass is 16.5. The molecule has 7 nitrogen and oxygen atoms in total. The Morgan fingerprint density at radius 1 is 1.46 bits per heavy atom. The van der Waals surface area contributed by atoms with Crippen molar-refractivity contribution in [2.24, 2.45) is 5.41 Å². The van der Waals surface area contributed by atoms with Crippen molar-refractivity contribution in [2.75, 3.05) is 26.2 Å². The first-order chi connectivity index (χ1) is 12.5. The molecule has 1 saturated heterocycles. The molecule has 7 heteroatoms. The zero-order chi connectivity index (χ0) is 18.6. The van der Waals surface area contributed by atoms with Gasteiger partial charge in [0.05, 0.1) is 24.9 Å². The van der Waals surface area contributed by atoms with E-state index in [-0.39, 0.29) is 17.9 Å². The molecule has 2 aliphatic rings. The second-order valence-corrected chi connectivity index (χ2v) is 6.93. The van der Waals surface area contributed by atoms with E-state index in [2.05, 4.69) is 16.4 Å². The Morgan fingerprint density at radius 2 is 2.27 bits per heavy atom. The lowest BCUT2D eigenvalue weighted by Crippen LogP contribution is -2.45. The number of amides is 2. The van der Waals surface area contributed by atoms with E-state index < -0.39 is 5.41 Å². The summed E-state index contributed by atoms with van der Waals surface area (Å²) < 4.78 is 5.76. The fourth-order valence-corrected chi connectivity index (χ4v) is 3.32. The van der Waals surface area contributed by atoms with Gasteiger partial charge in [-0.1, -0.05) is 6.07 Å². The summed E-state index contributed by atoms with van der Waals surface area (Å²) >= 11 is 0. The molecule has 2 amide bonds. The Hall–Kier alpha value is -2.46. The fraction of sp³-hybridized carbons (Fsp3) is 0.579. The van der Waals surface area contributed by atoms with Crippen LogP contribution in [0.15, 0.2) is 18.2 Å². The van der Waals surface area contributed by atoms with Crippen LogP contribution in [0.5, 0.6) is 0 Å². The third-order valence-electron chi connectivity index (χ3n) is 5.19. The first kappa shape index (κ1) is 18.3. The lowest BCUT2D eigenvalue weighted by Gasteiger charge is -2.33. The van der Waals surface area contributed by atoms with Crippen molar-refractivity contribution in [1.82, 2.24) is 15.2 Å². The second kappa shape index (κ2) is 7.83. The third-order valence-corrected chi connectivity index (χ3v) is 5.19. The summed E-state index contributed by atoms with van der Waals surface area (Å²) in [6.07, 6.45) is 2.59. The molecule has 0 radical (unpaired) electrons. The molecule has 3 rings (SSSR count). The lowest BCUT2D eigenvalue weighted by atomic mass is 9.69. The van der Waals surface area contributed by atoms with Crippen molar-refractivity contribution in [1.29, 1.82) is 5.26 Å². The zero-order valence-corrected chi connectivity index (χ0v) is 15.0. The van der Waals surface area contributed by atoms with Crippen molar-refractivity contribution in [3.05, 3.63) is 29.6 Å². The van der Waals surface area contributed by atoms with Gasteiger partial charge in [-0.3, -0.25) is 14.6 Å². The summed E-state index contributed by atoms with van der Waals surface area (Å²) in [5, 5.41) is 12.1. The van der Waals surface area contributed by atoms with E-state index in [1.807, 2.05) is 18.2 Å². The van der Waals surface area contributed by atoms with E-state index in [9.17, 15) is 14.9 Å². The molecular weight excluding hydrogens is 332 g/mol. The molecule has 1 aliphatic carbocycles. The van der Waals surface area contributed by atoms with Gasteiger partial charge in [-0.25, -0.2) is 0 Å². The smallest absolute Gasteiger partial charge is 0.240 e. The van der Waals surface area contributed by atoms with E-state index in [0.29, 0.717) is 45.5 Å². The standard InChI is InChI=1S/C19H24N4O3/c1-14(24)23-10-11-26-17(12-23)16-5-2-4-15(22-16)6-9-21-18(25)19(13-20)7-3-8-19/h2,4-5,17H,3,6-12H2,1H3,(H,21,25). The lowest BCUT2D eigenvalue weighted by molar-refractivity contribution is -0.136. The van der Waals surface area contributed by atoms with Crippen LogP contribution in [0, 0.1) is 16.7 Å². The van der Waals surface area contributed by atoms with Crippen molar-refractivity contribution in [3.63, 3.8) is 0 Å². The van der Waals surface area contributed by atoms with E-state index >= 15 is 0 Å². The second-order valence-electron chi connectivity index (χ2n) is 6.93. The van der Waals surface area contributed by atoms with Gasteiger partial charge in [0.2, 0.25) is 11.8 Å². The van der Waals surface area contributed by atoms with Crippen LogP contribution in [0.4, 0.5) is 0 Å². The summed E-state index contributed by atoms with van der Waals surface area (Å²) in [4.78, 5) is 30.1. The normalized spacial score (nSPS) is 21.4. The van der Waals surface area contributed by atoms with Crippen molar-refractivity contribution in [3.8, 4) is 6.07 Å². The number of ether oxygens (including phenoxy) is 1. The van der Waals surface area contributed by atoms with Crippen LogP contribution in [0.2, 0.25) is 0 Å². The molecule has 1 saturated carbocycles.